The van der Waals surface area contributed by atoms with Gasteiger partial charge in [-0.2, -0.15) is 5.11 Å². The number of anilines is 1. The number of carboxylic acids is 1. The average Bonchev–Trinajstić information content (AvgIpc) is 3.44. The molecule has 0 bridgehead atoms. The monoisotopic (exact) mass is 1130 g/mol. The number of aryl methyl sites for hydroxylation is 5. The molecule has 0 aliphatic carbocycles. The first-order valence-electron chi connectivity index (χ1n) is 24.5. The number of fused-ring (bicyclic) bond motifs is 4. The van der Waals surface area contributed by atoms with Gasteiger partial charge < -0.3 is 49.6 Å². The SMILES string of the molecule is CC(=O)Nc1cc(S(=O)(=O)[O-])cc2cc(C)c(N=Nc3ccc(OCCOc4cc(C)c(O)c5ccccc45)cc3)c(O)c12.Cc1cc(OCCSCC(=O)O)c2c(C)cccc2c1O.Cc1ccc2c(C=O)cccc2c1O.[Na+]. The molecule has 0 radical (unpaired) electrons. The first-order chi connectivity index (χ1) is 37.7. The summed E-state index contributed by atoms with van der Waals surface area (Å²) in [6, 6.07) is 36.3. The Morgan fingerprint density at radius 2 is 1.21 bits per heavy atom. The van der Waals surface area contributed by atoms with Crippen molar-refractivity contribution in [1.82, 2.24) is 0 Å². The molecule has 0 unspecified atom stereocenters. The van der Waals surface area contributed by atoms with E-state index in [0.717, 1.165) is 73.2 Å². The maximum Gasteiger partial charge on any atom is 1.00 e. The minimum atomic E-state index is -4.82. The molecule has 0 saturated carbocycles. The van der Waals surface area contributed by atoms with Crippen molar-refractivity contribution in [2.45, 2.75) is 46.4 Å². The zero-order chi connectivity index (χ0) is 57.1. The number of aromatic hydroxyl groups is 4. The minimum Gasteiger partial charge on any atom is -0.744 e. The second-order valence-corrected chi connectivity index (χ2v) is 20.7. The first kappa shape index (κ1) is 61.3. The Bertz CT molecular complexity index is 3930. The number of benzene rings is 9. The van der Waals surface area contributed by atoms with Crippen LogP contribution in [0.3, 0.4) is 0 Å². The number of aliphatic carboxylic acids is 1. The minimum absolute atomic E-state index is 0. The van der Waals surface area contributed by atoms with Crippen LogP contribution in [-0.4, -0.2) is 88.0 Å². The molecule has 80 heavy (non-hydrogen) atoms. The third-order valence-corrected chi connectivity index (χ3v) is 14.2. The maximum absolute atomic E-state index is 11.8. The summed E-state index contributed by atoms with van der Waals surface area (Å²) in [5.74, 6) is 1.75. The molecule has 0 spiro atoms. The summed E-state index contributed by atoms with van der Waals surface area (Å²) in [4.78, 5) is 32.4. The fourth-order valence-electron chi connectivity index (χ4n) is 8.59. The second kappa shape index (κ2) is 27.3. The molecule has 0 atom stereocenters. The van der Waals surface area contributed by atoms with Crippen LogP contribution in [0.1, 0.15) is 45.1 Å². The number of ether oxygens (including phenoxy) is 3. The molecule has 6 N–H and O–H groups in total. The number of phenols is 4. The predicted molar refractivity (Wildman–Crippen MR) is 306 cm³/mol. The van der Waals surface area contributed by atoms with Gasteiger partial charge in [-0.3, -0.25) is 14.4 Å². The maximum atomic E-state index is 11.8. The number of phenolic OH excluding ortho intramolecular Hbond substituents is 4. The Kier molecular flexibility index (Phi) is 20.9. The summed E-state index contributed by atoms with van der Waals surface area (Å²) < 4.78 is 52.4. The van der Waals surface area contributed by atoms with Crippen molar-refractivity contribution < 1.29 is 96.7 Å². The standard InChI is InChI=1S/C32H29N3O8S.C16H18O4S.C12H10O2.Na/c1-18-14-21-16-24(44(39,40)41)17-27(33-20(3)36)29(21)32(38)30(18)35-34-22-8-10-23(11-9-22)42-12-13-43-28-15-19(2)31(37)26-7-5-4-6-25(26)28;1-10-4-3-5-12-15(10)13(8-11(2)16(12)19)20-6-7-21-9-14(17)18;1-8-5-6-10-9(7-13)3-2-4-11(10)12(8)14;/h4-11,14-17,37-38H,12-13H2,1-3H3,(H,33,36)(H,39,40,41);3-5,8,19H,6-7,9H2,1-2H3,(H,17,18);2-7,14H,1H3;/q;;;+1/p-1. The van der Waals surface area contributed by atoms with Gasteiger partial charge in [0.15, 0.2) is 12.0 Å². The van der Waals surface area contributed by atoms with Gasteiger partial charge >= 0.3 is 35.5 Å². The quantitative estimate of drug-likeness (QED) is 0.0173. The van der Waals surface area contributed by atoms with Gasteiger partial charge in [0.25, 0.3) is 0 Å². The molecule has 0 aliphatic rings. The number of hydrogen-bond acceptors (Lipinski definition) is 16. The van der Waals surface area contributed by atoms with E-state index < -0.39 is 26.9 Å². The Labute approximate surface area is 487 Å². The third kappa shape index (κ3) is 14.9. The van der Waals surface area contributed by atoms with Gasteiger partial charge in [0.1, 0.15) is 63.5 Å². The van der Waals surface area contributed by atoms with E-state index in [0.29, 0.717) is 46.2 Å². The summed E-state index contributed by atoms with van der Waals surface area (Å²) in [5, 5.41) is 65.8. The zero-order valence-electron chi connectivity index (χ0n) is 44.9. The molecular weight excluding hydrogens is 1070 g/mol. The van der Waals surface area contributed by atoms with E-state index in [1.165, 1.54) is 18.7 Å². The number of carbonyl (C=O) groups excluding carboxylic acids is 2. The van der Waals surface area contributed by atoms with Crippen molar-refractivity contribution in [3.63, 3.8) is 0 Å². The number of nitrogens with one attached hydrogen (secondary N) is 1. The first-order valence-corrected chi connectivity index (χ1v) is 27.1. The zero-order valence-corrected chi connectivity index (χ0v) is 48.5. The Morgan fingerprint density at radius 1 is 0.613 bits per heavy atom. The van der Waals surface area contributed by atoms with Crippen molar-refractivity contribution in [3.8, 4) is 40.2 Å². The number of amides is 1. The van der Waals surface area contributed by atoms with Crippen molar-refractivity contribution >= 4 is 100 Å². The Hall–Kier alpha value is -7.91. The largest absolute Gasteiger partial charge is 1.00 e. The molecule has 9 aromatic rings. The summed E-state index contributed by atoms with van der Waals surface area (Å²) in [5.41, 5.74) is 4.94. The van der Waals surface area contributed by atoms with Crippen LogP contribution in [0, 0.1) is 34.6 Å². The fourth-order valence-corrected chi connectivity index (χ4v) is 9.64. The van der Waals surface area contributed by atoms with E-state index >= 15 is 0 Å². The van der Waals surface area contributed by atoms with E-state index in [9.17, 15) is 47.8 Å². The topological polar surface area (TPSA) is 274 Å². The smallest absolute Gasteiger partial charge is 0.744 e. The van der Waals surface area contributed by atoms with E-state index in [1.54, 1.807) is 55.5 Å². The molecule has 20 heteroatoms. The van der Waals surface area contributed by atoms with E-state index in [-0.39, 0.29) is 93.7 Å². The van der Waals surface area contributed by atoms with Crippen LogP contribution in [0.2, 0.25) is 0 Å². The fraction of sp³-hybridized carbons (Fsp3) is 0.183. The van der Waals surface area contributed by atoms with Crippen molar-refractivity contribution in [3.05, 3.63) is 161 Å². The summed E-state index contributed by atoms with van der Waals surface area (Å²) in [7, 11) is -4.82. The molecule has 408 valence electrons. The Morgan fingerprint density at radius 3 is 1.89 bits per heavy atom. The van der Waals surface area contributed by atoms with Crippen LogP contribution < -0.4 is 49.1 Å². The number of carbonyl (C=O) groups is 3. The molecule has 0 fully saturated rings. The van der Waals surface area contributed by atoms with Gasteiger partial charge in [0, 0.05) is 50.6 Å². The number of azo groups is 1. The van der Waals surface area contributed by atoms with Gasteiger partial charge in [0.2, 0.25) is 5.91 Å². The molecule has 1 amide bonds. The van der Waals surface area contributed by atoms with E-state index in [1.807, 2.05) is 94.4 Å². The predicted octanol–water partition coefficient (Wildman–Crippen LogP) is 9.79. The van der Waals surface area contributed by atoms with Gasteiger partial charge in [-0.1, -0.05) is 72.8 Å². The van der Waals surface area contributed by atoms with E-state index in [2.05, 4.69) is 15.5 Å². The summed E-state index contributed by atoms with van der Waals surface area (Å²) in [6.45, 7) is 11.3. The number of nitrogens with zero attached hydrogens (tertiary/aromatic N) is 2. The second-order valence-electron chi connectivity index (χ2n) is 18.2. The molecule has 0 heterocycles. The van der Waals surface area contributed by atoms with Crippen LogP contribution in [-0.2, 0) is 19.7 Å². The van der Waals surface area contributed by atoms with Crippen LogP contribution >= 0.6 is 11.8 Å². The van der Waals surface area contributed by atoms with Crippen molar-refractivity contribution in [2.75, 3.05) is 36.6 Å². The molecular formula is C60H56N3NaO14S2. The molecule has 0 saturated heterocycles. The van der Waals surface area contributed by atoms with E-state index in [4.69, 9.17) is 19.3 Å². The number of carboxylic acid groups (broad SMARTS) is 1. The summed E-state index contributed by atoms with van der Waals surface area (Å²) in [6.07, 6.45) is 0.803. The van der Waals surface area contributed by atoms with Gasteiger partial charge in [-0.05, 0) is 128 Å². The Balaban J connectivity index is 0.000000235. The normalized spacial score (nSPS) is 11.1. The summed E-state index contributed by atoms with van der Waals surface area (Å²) >= 11 is 1.32. The third-order valence-electron chi connectivity index (χ3n) is 12.4. The van der Waals surface area contributed by atoms with Gasteiger partial charge in [-0.15, -0.1) is 16.9 Å². The number of hydrogen-bond donors (Lipinski definition) is 6. The molecule has 9 aromatic carbocycles. The average molecular weight is 1130 g/mol. The molecule has 0 aliphatic heterocycles. The molecule has 0 aromatic heterocycles. The molecule has 17 nitrogen and oxygen atoms in total. The van der Waals surface area contributed by atoms with Crippen molar-refractivity contribution in [2.24, 2.45) is 10.2 Å². The number of thioether (sulfide) groups is 1. The van der Waals surface area contributed by atoms with Crippen LogP contribution in [0.25, 0.3) is 43.1 Å². The number of rotatable bonds is 16. The van der Waals surface area contributed by atoms with Crippen LogP contribution in [0.5, 0.6) is 40.2 Å². The molecule has 9 rings (SSSR count). The van der Waals surface area contributed by atoms with Crippen molar-refractivity contribution in [1.29, 1.82) is 0 Å². The van der Waals surface area contributed by atoms with Crippen LogP contribution in [0.15, 0.2) is 143 Å². The number of aldehydes is 1. The van der Waals surface area contributed by atoms with Gasteiger partial charge in [-0.25, -0.2) is 8.42 Å². The van der Waals surface area contributed by atoms with Gasteiger partial charge in [0.05, 0.1) is 28.6 Å². The van der Waals surface area contributed by atoms with Crippen LogP contribution in [0.4, 0.5) is 17.1 Å².